The number of aryl methyl sites for hydroxylation is 1. The van der Waals surface area contributed by atoms with E-state index in [9.17, 15) is 0 Å². The quantitative estimate of drug-likeness (QED) is 0.765. The minimum atomic E-state index is 0.695. The Morgan fingerprint density at radius 3 is 2.67 bits per heavy atom. The van der Waals surface area contributed by atoms with Crippen LogP contribution in [0.5, 0.6) is 5.75 Å². The summed E-state index contributed by atoms with van der Waals surface area (Å²) in [5, 5.41) is 0. The van der Waals surface area contributed by atoms with Crippen LogP contribution < -0.4 is 10.5 Å². The van der Waals surface area contributed by atoms with Gasteiger partial charge in [-0.15, -0.1) is 0 Å². The molecule has 3 nitrogen and oxygen atoms in total. The smallest absolute Gasteiger partial charge is 0.122 e. The van der Waals surface area contributed by atoms with Crippen molar-refractivity contribution in [2.24, 2.45) is 5.73 Å². The van der Waals surface area contributed by atoms with Gasteiger partial charge in [-0.1, -0.05) is 18.2 Å². The normalized spacial score (nSPS) is 10.7. The van der Waals surface area contributed by atoms with Gasteiger partial charge < -0.3 is 15.4 Å². The SMILES string of the molecule is Cc1ccccc1OCCN(C)CCN. The van der Waals surface area contributed by atoms with Crippen LogP contribution in [0, 0.1) is 6.92 Å². The molecule has 0 heterocycles. The van der Waals surface area contributed by atoms with Crippen LogP contribution in [0.3, 0.4) is 0 Å². The number of nitrogens with two attached hydrogens (primary N) is 1. The fourth-order valence-corrected chi connectivity index (χ4v) is 1.36. The Hall–Kier alpha value is -1.06. The van der Waals surface area contributed by atoms with Gasteiger partial charge in [0.25, 0.3) is 0 Å². The molecule has 84 valence electrons. The van der Waals surface area contributed by atoms with E-state index in [0.717, 1.165) is 18.8 Å². The highest BCUT2D eigenvalue weighted by molar-refractivity contribution is 5.31. The summed E-state index contributed by atoms with van der Waals surface area (Å²) < 4.78 is 5.67. The second-order valence-corrected chi connectivity index (χ2v) is 3.71. The lowest BCUT2D eigenvalue weighted by Crippen LogP contribution is -2.29. The third kappa shape index (κ3) is 4.32. The van der Waals surface area contributed by atoms with E-state index in [4.69, 9.17) is 10.5 Å². The number of rotatable bonds is 6. The lowest BCUT2D eigenvalue weighted by molar-refractivity contribution is 0.240. The number of hydrogen-bond donors (Lipinski definition) is 1. The Bertz CT molecular complexity index is 289. The molecule has 0 saturated carbocycles. The summed E-state index contributed by atoms with van der Waals surface area (Å²) in [6.07, 6.45) is 0. The standard InChI is InChI=1S/C12H20N2O/c1-11-5-3-4-6-12(11)15-10-9-14(2)8-7-13/h3-6H,7-10,13H2,1-2H3. The second-order valence-electron chi connectivity index (χ2n) is 3.71. The molecule has 0 atom stereocenters. The molecule has 1 aromatic rings. The van der Waals surface area contributed by atoms with Gasteiger partial charge in [-0.2, -0.15) is 0 Å². The summed E-state index contributed by atoms with van der Waals surface area (Å²) in [5.74, 6) is 0.971. The third-order valence-corrected chi connectivity index (χ3v) is 2.33. The summed E-state index contributed by atoms with van der Waals surface area (Å²) >= 11 is 0. The highest BCUT2D eigenvalue weighted by atomic mass is 16.5. The molecule has 15 heavy (non-hydrogen) atoms. The summed E-state index contributed by atoms with van der Waals surface area (Å²) in [6, 6.07) is 8.06. The molecule has 0 bridgehead atoms. The zero-order valence-electron chi connectivity index (χ0n) is 9.57. The van der Waals surface area contributed by atoms with Crippen molar-refractivity contribution in [1.29, 1.82) is 0 Å². The van der Waals surface area contributed by atoms with Crippen LogP contribution in [0.25, 0.3) is 0 Å². The van der Waals surface area contributed by atoms with Gasteiger partial charge in [0.1, 0.15) is 12.4 Å². The first-order chi connectivity index (χ1) is 7.24. The van der Waals surface area contributed by atoms with E-state index in [1.807, 2.05) is 25.2 Å². The minimum Gasteiger partial charge on any atom is -0.492 e. The van der Waals surface area contributed by atoms with Crippen LogP contribution in [0.4, 0.5) is 0 Å². The number of para-hydroxylation sites is 1. The van der Waals surface area contributed by atoms with Gasteiger partial charge in [0.2, 0.25) is 0 Å². The lowest BCUT2D eigenvalue weighted by atomic mass is 10.2. The van der Waals surface area contributed by atoms with Crippen LogP contribution in [-0.2, 0) is 0 Å². The fraction of sp³-hybridized carbons (Fsp3) is 0.500. The van der Waals surface area contributed by atoms with Crippen LogP contribution in [0.15, 0.2) is 24.3 Å². The maximum Gasteiger partial charge on any atom is 0.122 e. The molecule has 1 rings (SSSR count). The molecule has 0 unspecified atom stereocenters. The van der Waals surface area contributed by atoms with E-state index in [1.165, 1.54) is 5.56 Å². The van der Waals surface area contributed by atoms with Crippen LogP contribution in [0.2, 0.25) is 0 Å². The van der Waals surface area contributed by atoms with E-state index < -0.39 is 0 Å². The van der Waals surface area contributed by atoms with E-state index in [2.05, 4.69) is 17.9 Å². The van der Waals surface area contributed by atoms with Gasteiger partial charge in [-0.3, -0.25) is 0 Å². The third-order valence-electron chi connectivity index (χ3n) is 2.33. The van der Waals surface area contributed by atoms with Crippen LogP contribution >= 0.6 is 0 Å². The molecule has 0 spiro atoms. The zero-order valence-corrected chi connectivity index (χ0v) is 9.57. The van der Waals surface area contributed by atoms with Crippen LogP contribution in [-0.4, -0.2) is 38.2 Å². The average molecular weight is 208 g/mol. The van der Waals surface area contributed by atoms with Gasteiger partial charge in [-0.05, 0) is 25.6 Å². The monoisotopic (exact) mass is 208 g/mol. The Morgan fingerprint density at radius 2 is 2.00 bits per heavy atom. The molecule has 0 saturated heterocycles. The van der Waals surface area contributed by atoms with Gasteiger partial charge in [-0.25, -0.2) is 0 Å². The topological polar surface area (TPSA) is 38.5 Å². The Balaban J connectivity index is 2.29. The first kappa shape index (κ1) is 12.0. The largest absolute Gasteiger partial charge is 0.492 e. The lowest BCUT2D eigenvalue weighted by Gasteiger charge is -2.16. The van der Waals surface area contributed by atoms with Crippen LogP contribution in [0.1, 0.15) is 5.56 Å². The molecule has 0 aliphatic rings. The second kappa shape index (κ2) is 6.43. The van der Waals surface area contributed by atoms with Gasteiger partial charge in [0.05, 0.1) is 0 Å². The molecule has 2 N–H and O–H groups in total. The van der Waals surface area contributed by atoms with E-state index in [0.29, 0.717) is 13.2 Å². The Kier molecular flexibility index (Phi) is 5.15. The van der Waals surface area contributed by atoms with Crippen molar-refractivity contribution in [3.63, 3.8) is 0 Å². The van der Waals surface area contributed by atoms with Crippen molar-refractivity contribution >= 4 is 0 Å². The average Bonchev–Trinajstić information content (AvgIpc) is 2.21. The van der Waals surface area contributed by atoms with Gasteiger partial charge in [0, 0.05) is 19.6 Å². The summed E-state index contributed by atoms with van der Waals surface area (Å²) in [4.78, 5) is 2.16. The molecule has 0 amide bonds. The molecular weight excluding hydrogens is 188 g/mol. The molecule has 3 heteroatoms. The summed E-state index contributed by atoms with van der Waals surface area (Å²) in [5.41, 5.74) is 6.63. The number of benzene rings is 1. The van der Waals surface area contributed by atoms with Gasteiger partial charge in [0.15, 0.2) is 0 Å². The molecule has 0 aliphatic heterocycles. The molecular formula is C12H20N2O. The molecule has 0 aliphatic carbocycles. The predicted molar refractivity (Wildman–Crippen MR) is 63.2 cm³/mol. The molecule has 0 fully saturated rings. The fourth-order valence-electron chi connectivity index (χ4n) is 1.36. The number of likely N-dealkylation sites (N-methyl/N-ethyl adjacent to an activating group) is 1. The van der Waals surface area contributed by atoms with Crippen molar-refractivity contribution in [3.8, 4) is 5.75 Å². The molecule has 0 radical (unpaired) electrons. The van der Waals surface area contributed by atoms with Crippen molar-refractivity contribution < 1.29 is 4.74 Å². The summed E-state index contributed by atoms with van der Waals surface area (Å²) in [7, 11) is 2.05. The minimum absolute atomic E-state index is 0.695. The summed E-state index contributed by atoms with van der Waals surface area (Å²) in [6.45, 7) is 5.28. The van der Waals surface area contributed by atoms with Crippen molar-refractivity contribution in [2.75, 3.05) is 33.3 Å². The van der Waals surface area contributed by atoms with Crippen molar-refractivity contribution in [1.82, 2.24) is 4.90 Å². The Morgan fingerprint density at radius 1 is 1.27 bits per heavy atom. The highest BCUT2D eigenvalue weighted by Crippen LogP contribution is 2.15. The maximum absolute atomic E-state index is 5.67. The first-order valence-electron chi connectivity index (χ1n) is 5.31. The highest BCUT2D eigenvalue weighted by Gasteiger charge is 1.99. The molecule has 1 aromatic carbocycles. The maximum atomic E-state index is 5.67. The van der Waals surface area contributed by atoms with E-state index in [1.54, 1.807) is 0 Å². The van der Waals surface area contributed by atoms with Crippen molar-refractivity contribution in [3.05, 3.63) is 29.8 Å². The predicted octanol–water partition coefficient (Wildman–Crippen LogP) is 1.26. The van der Waals surface area contributed by atoms with Crippen molar-refractivity contribution in [2.45, 2.75) is 6.92 Å². The number of nitrogens with zero attached hydrogens (tertiary/aromatic N) is 1. The zero-order chi connectivity index (χ0) is 11.1. The van der Waals surface area contributed by atoms with Gasteiger partial charge >= 0.3 is 0 Å². The Labute approximate surface area is 91.8 Å². The van der Waals surface area contributed by atoms with E-state index in [-0.39, 0.29) is 0 Å². The number of hydrogen-bond acceptors (Lipinski definition) is 3. The number of ether oxygens (including phenoxy) is 1. The molecule has 0 aromatic heterocycles. The van der Waals surface area contributed by atoms with E-state index >= 15 is 0 Å². The first-order valence-corrected chi connectivity index (χ1v) is 5.31.